The number of hydrogen-bond acceptors (Lipinski definition) is 6. The number of anilines is 2. The maximum absolute atomic E-state index is 13.6. The Morgan fingerprint density at radius 2 is 1.62 bits per heavy atom. The molecule has 1 amide bonds. The van der Waals surface area contributed by atoms with Crippen molar-refractivity contribution in [2.24, 2.45) is 5.10 Å². The molecule has 2 aliphatic rings. The fourth-order valence-corrected chi connectivity index (χ4v) is 5.14. The van der Waals surface area contributed by atoms with Gasteiger partial charge < -0.3 is 25.6 Å². The number of hydroxylamine groups is 1. The molecule has 8 heteroatoms. The van der Waals surface area contributed by atoms with Crippen LogP contribution < -0.4 is 15.4 Å². The average Bonchev–Trinajstić information content (AvgIpc) is 2.85. The van der Waals surface area contributed by atoms with Crippen molar-refractivity contribution in [3.05, 3.63) is 82.1 Å². The largest absolute Gasteiger partial charge is 0.599 e. The van der Waals surface area contributed by atoms with Crippen LogP contribution in [0, 0.1) is 26.0 Å². The van der Waals surface area contributed by atoms with Crippen LogP contribution in [0.15, 0.2) is 59.7 Å². The highest BCUT2D eigenvalue weighted by Crippen LogP contribution is 2.41. The summed E-state index contributed by atoms with van der Waals surface area (Å²) in [7, 11) is 3.60. The quantitative estimate of drug-likeness (QED) is 0.396. The summed E-state index contributed by atoms with van der Waals surface area (Å²) in [4.78, 5) is 17.0. The van der Waals surface area contributed by atoms with E-state index >= 15 is 0 Å². The number of nitrogens with zero attached hydrogens (tertiary/aromatic N) is 4. The number of amides is 1. The van der Waals surface area contributed by atoms with E-state index in [1.165, 1.54) is 18.2 Å². The lowest BCUT2D eigenvalue weighted by Gasteiger charge is -2.37. The molecule has 1 unspecified atom stereocenters. The van der Waals surface area contributed by atoms with Crippen LogP contribution in [-0.2, 0) is 0 Å². The number of hydrogen-bond donors (Lipinski definition) is 2. The molecule has 3 aromatic carbocycles. The van der Waals surface area contributed by atoms with Gasteiger partial charge in [-0.25, -0.2) is 0 Å². The van der Waals surface area contributed by atoms with E-state index in [1.54, 1.807) is 0 Å². The number of quaternary nitrogens is 1. The number of benzene rings is 3. The Kier molecular flexibility index (Phi) is 6.49. The maximum Gasteiger partial charge on any atom is 0.260 e. The summed E-state index contributed by atoms with van der Waals surface area (Å²) < 4.78 is -0.885. The second kappa shape index (κ2) is 9.63. The third-order valence-corrected chi connectivity index (χ3v) is 7.25. The molecule has 0 radical (unpaired) electrons. The number of nitrogens with one attached hydrogen (secondary N) is 2. The zero-order valence-corrected chi connectivity index (χ0v) is 22.1. The molecule has 2 heterocycles. The van der Waals surface area contributed by atoms with Gasteiger partial charge in [0.1, 0.15) is 5.69 Å². The van der Waals surface area contributed by atoms with Crippen molar-refractivity contribution in [1.29, 1.82) is 0 Å². The number of carbonyl (C=O) groups excluding carboxylic acids is 1. The van der Waals surface area contributed by atoms with Gasteiger partial charge in [0.25, 0.3) is 11.9 Å². The van der Waals surface area contributed by atoms with E-state index in [0.717, 1.165) is 54.2 Å². The van der Waals surface area contributed by atoms with Gasteiger partial charge in [-0.1, -0.05) is 18.2 Å². The predicted octanol–water partition coefficient (Wildman–Crippen LogP) is 4.91. The average molecular weight is 499 g/mol. The molecular formula is C29H34N6O2. The number of rotatable bonds is 3. The molecular weight excluding hydrogens is 464 g/mol. The monoisotopic (exact) mass is 498 g/mol. The second-order valence-electron chi connectivity index (χ2n) is 10.2. The molecule has 1 saturated heterocycles. The molecule has 2 aliphatic heterocycles. The van der Waals surface area contributed by atoms with Crippen LogP contribution in [0.5, 0.6) is 0 Å². The molecule has 1 atom stereocenters. The Bertz CT molecular complexity index is 1350. The molecule has 192 valence electrons. The zero-order chi connectivity index (χ0) is 26.3. The Hall–Kier alpha value is -3.72. The van der Waals surface area contributed by atoms with Gasteiger partial charge >= 0.3 is 0 Å². The van der Waals surface area contributed by atoms with E-state index in [0.29, 0.717) is 17.2 Å². The third kappa shape index (κ3) is 4.96. The van der Waals surface area contributed by atoms with Crippen LogP contribution in [-0.4, -0.2) is 61.9 Å². The number of likely N-dealkylation sites (N-methyl/N-ethyl adjacent to an activating group) is 1. The normalized spacial score (nSPS) is 19.6. The second-order valence-corrected chi connectivity index (χ2v) is 10.2. The van der Waals surface area contributed by atoms with Crippen LogP contribution in [0.25, 0.3) is 11.1 Å². The van der Waals surface area contributed by atoms with Crippen molar-refractivity contribution in [1.82, 2.24) is 14.6 Å². The van der Waals surface area contributed by atoms with Crippen molar-refractivity contribution in [3.8, 4) is 11.1 Å². The van der Waals surface area contributed by atoms with Gasteiger partial charge in [0, 0.05) is 43.5 Å². The van der Waals surface area contributed by atoms with Crippen molar-refractivity contribution < 1.29 is 4.79 Å². The van der Waals surface area contributed by atoms with Gasteiger partial charge in [-0.05, 0) is 91.1 Å². The van der Waals surface area contributed by atoms with Crippen LogP contribution >= 0.6 is 0 Å². The Morgan fingerprint density at radius 1 is 0.973 bits per heavy atom. The van der Waals surface area contributed by atoms with E-state index in [4.69, 9.17) is 0 Å². The van der Waals surface area contributed by atoms with Crippen molar-refractivity contribution in [2.75, 3.05) is 50.9 Å². The third-order valence-electron chi connectivity index (χ3n) is 7.25. The van der Waals surface area contributed by atoms with Gasteiger partial charge in [0.2, 0.25) is 0 Å². The Labute approximate surface area is 218 Å². The lowest BCUT2D eigenvalue weighted by atomic mass is 9.93. The lowest BCUT2D eigenvalue weighted by molar-refractivity contribution is 0.0664. The first kappa shape index (κ1) is 25.0. The first-order chi connectivity index (χ1) is 17.6. The molecule has 0 saturated carbocycles. The summed E-state index contributed by atoms with van der Waals surface area (Å²) in [6.07, 6.45) is 0. The minimum absolute atomic E-state index is 0.0424. The van der Waals surface area contributed by atoms with Crippen molar-refractivity contribution in [2.45, 2.75) is 20.8 Å². The summed E-state index contributed by atoms with van der Waals surface area (Å²) in [5.74, 6) is 0.409. The summed E-state index contributed by atoms with van der Waals surface area (Å²) in [5, 5.41) is 24.5. The topological polar surface area (TPSA) is 83.0 Å². The van der Waals surface area contributed by atoms with Crippen LogP contribution in [0.4, 0.5) is 17.1 Å². The fraction of sp³-hybridized carbons (Fsp3) is 0.310. The maximum atomic E-state index is 13.6. The van der Waals surface area contributed by atoms with Crippen molar-refractivity contribution >= 4 is 28.9 Å². The molecule has 0 spiro atoms. The molecule has 1 fully saturated rings. The highest BCUT2D eigenvalue weighted by atomic mass is 16.6. The Morgan fingerprint density at radius 3 is 2.27 bits per heavy atom. The van der Waals surface area contributed by atoms with Gasteiger partial charge in [-0.3, -0.25) is 4.79 Å². The smallest absolute Gasteiger partial charge is 0.260 e. The molecule has 5 rings (SSSR count). The van der Waals surface area contributed by atoms with Gasteiger partial charge in [-0.15, -0.1) is 0 Å². The highest BCUT2D eigenvalue weighted by Gasteiger charge is 2.29. The summed E-state index contributed by atoms with van der Waals surface area (Å²) in [5.41, 5.74) is 8.19. The number of guanidine groups is 1. The first-order valence-corrected chi connectivity index (χ1v) is 12.6. The highest BCUT2D eigenvalue weighted by molar-refractivity contribution is 6.08. The minimum atomic E-state index is -0.885. The van der Waals surface area contributed by atoms with E-state index in [2.05, 4.69) is 59.7 Å². The van der Waals surface area contributed by atoms with Gasteiger partial charge in [0.05, 0.1) is 7.05 Å². The van der Waals surface area contributed by atoms with Crippen molar-refractivity contribution in [3.63, 3.8) is 0 Å². The number of piperazine rings is 1. The fourth-order valence-electron chi connectivity index (χ4n) is 5.14. The van der Waals surface area contributed by atoms with Gasteiger partial charge in [-0.2, -0.15) is 4.76 Å². The van der Waals surface area contributed by atoms with Crippen LogP contribution in [0.1, 0.15) is 27.0 Å². The summed E-state index contributed by atoms with van der Waals surface area (Å²) >= 11 is 0. The zero-order valence-electron chi connectivity index (χ0n) is 22.1. The molecule has 37 heavy (non-hydrogen) atoms. The number of carbonyl (C=O) groups is 1. The molecule has 8 nitrogen and oxygen atoms in total. The molecule has 0 aliphatic carbocycles. The van der Waals surface area contributed by atoms with E-state index < -0.39 is 4.76 Å². The summed E-state index contributed by atoms with van der Waals surface area (Å²) in [6, 6.07) is 17.6. The van der Waals surface area contributed by atoms with Crippen LogP contribution in [0.3, 0.4) is 0 Å². The predicted molar refractivity (Wildman–Crippen MR) is 152 cm³/mol. The molecule has 2 N–H and O–H groups in total. The lowest BCUT2D eigenvalue weighted by Crippen LogP contribution is -2.47. The molecule has 0 aromatic heterocycles. The van der Waals surface area contributed by atoms with Gasteiger partial charge in [0.15, 0.2) is 5.69 Å². The first-order valence-electron chi connectivity index (χ1n) is 12.6. The van der Waals surface area contributed by atoms with E-state index in [-0.39, 0.29) is 5.91 Å². The SMILES string of the molecule is Cc1cc(-c2c(C)cccc2C)cc2c1NC(Nc1ccc(C(=O)N3CCN(C)CC3)cc1)=N[N+]2(C)[O-]. The standard InChI is InChI=1S/C29H34N6O2/c1-19-7-6-8-20(2)26(19)23-17-21(3)27-25(18-23)35(5,37)32-29(31-27)30-24-11-9-22(10-12-24)28(36)34-15-13-33(4)14-16-34/h6-12,17-18H,13-16H2,1-5H3,(H2,30,31,32). The Balaban J connectivity index is 1.36. The molecule has 3 aromatic rings. The van der Waals surface area contributed by atoms with E-state index in [1.807, 2.05) is 48.2 Å². The minimum Gasteiger partial charge on any atom is -0.599 e. The number of aryl methyl sites for hydroxylation is 3. The summed E-state index contributed by atoms with van der Waals surface area (Å²) in [6.45, 7) is 9.42. The number of fused-ring (bicyclic) bond motifs is 1. The van der Waals surface area contributed by atoms with E-state index in [9.17, 15) is 10.0 Å². The molecule has 0 bridgehead atoms. The van der Waals surface area contributed by atoms with Crippen LogP contribution in [0.2, 0.25) is 0 Å².